The zero-order chi connectivity index (χ0) is 19.5. The lowest BCUT2D eigenvalue weighted by Crippen LogP contribution is -2.52. The fourth-order valence-corrected chi connectivity index (χ4v) is 3.32. The number of hydrogen-bond donors (Lipinski definition) is 3. The first-order valence-corrected chi connectivity index (χ1v) is 9.25. The van der Waals surface area contributed by atoms with Gasteiger partial charge in [-0.3, -0.25) is 14.3 Å². The quantitative estimate of drug-likeness (QED) is 0.770. The number of benzene rings is 1. The zero-order valence-corrected chi connectivity index (χ0v) is 16.1. The van der Waals surface area contributed by atoms with Crippen LogP contribution in [0.25, 0.3) is 0 Å². The molecule has 144 valence electrons. The molecule has 7 nitrogen and oxygen atoms in total. The van der Waals surface area contributed by atoms with Gasteiger partial charge in [-0.1, -0.05) is 6.07 Å². The van der Waals surface area contributed by atoms with E-state index >= 15 is 0 Å². The van der Waals surface area contributed by atoms with Crippen molar-refractivity contribution in [3.05, 3.63) is 48.3 Å². The van der Waals surface area contributed by atoms with Crippen molar-refractivity contribution in [2.45, 2.75) is 44.7 Å². The molecule has 0 spiro atoms. The molecule has 0 unspecified atom stereocenters. The first-order valence-electron chi connectivity index (χ1n) is 9.25. The second-order valence-electron chi connectivity index (χ2n) is 7.97. The molecule has 1 aromatic carbocycles. The van der Waals surface area contributed by atoms with E-state index in [2.05, 4.69) is 21.0 Å². The highest BCUT2D eigenvalue weighted by Crippen LogP contribution is 2.29. The third-order valence-corrected chi connectivity index (χ3v) is 4.67. The minimum absolute atomic E-state index is 0.110. The van der Waals surface area contributed by atoms with Crippen LogP contribution in [-0.2, 0) is 10.3 Å². The minimum atomic E-state index is -0.724. The lowest BCUT2D eigenvalue weighted by Gasteiger charge is -2.36. The molecular weight excluding hydrogens is 342 g/mol. The molecule has 1 saturated heterocycles. The van der Waals surface area contributed by atoms with Crippen LogP contribution in [0.4, 0.5) is 5.69 Å². The predicted octanol–water partition coefficient (Wildman–Crippen LogP) is 2.13. The van der Waals surface area contributed by atoms with E-state index in [4.69, 9.17) is 0 Å². The number of amides is 2. The van der Waals surface area contributed by atoms with Gasteiger partial charge < -0.3 is 16.0 Å². The van der Waals surface area contributed by atoms with Crippen LogP contribution in [0.1, 0.15) is 44.0 Å². The summed E-state index contributed by atoms with van der Waals surface area (Å²) in [6, 6.07) is 8.84. The third-order valence-electron chi connectivity index (χ3n) is 4.67. The van der Waals surface area contributed by atoms with Crippen LogP contribution in [0.3, 0.4) is 0 Å². The summed E-state index contributed by atoms with van der Waals surface area (Å²) in [5.74, 6) is -0.275. The van der Waals surface area contributed by atoms with Crippen LogP contribution in [0.15, 0.2) is 42.7 Å². The second-order valence-corrected chi connectivity index (χ2v) is 7.97. The Hall–Kier alpha value is -2.67. The summed E-state index contributed by atoms with van der Waals surface area (Å²) in [4.78, 5) is 25.6. The average molecular weight is 369 g/mol. The molecule has 2 heterocycles. The predicted molar refractivity (Wildman–Crippen MR) is 105 cm³/mol. The number of anilines is 1. The molecule has 7 heteroatoms. The Morgan fingerprint density at radius 3 is 2.56 bits per heavy atom. The molecule has 0 atom stereocenters. The molecule has 1 aromatic heterocycles. The van der Waals surface area contributed by atoms with Gasteiger partial charge in [-0.15, -0.1) is 0 Å². The van der Waals surface area contributed by atoms with Crippen LogP contribution in [0.2, 0.25) is 0 Å². The van der Waals surface area contributed by atoms with Crippen LogP contribution in [0.5, 0.6) is 0 Å². The fourth-order valence-electron chi connectivity index (χ4n) is 3.32. The molecule has 2 aromatic rings. The van der Waals surface area contributed by atoms with Gasteiger partial charge in [0.1, 0.15) is 5.54 Å². The van der Waals surface area contributed by atoms with Gasteiger partial charge in [-0.25, -0.2) is 0 Å². The maximum absolute atomic E-state index is 13.2. The van der Waals surface area contributed by atoms with Crippen molar-refractivity contribution in [1.29, 1.82) is 0 Å². The zero-order valence-electron chi connectivity index (χ0n) is 16.1. The molecule has 2 amide bonds. The molecule has 0 aliphatic carbocycles. The fraction of sp³-hybridized carbons (Fsp3) is 0.450. The topological polar surface area (TPSA) is 88.1 Å². The van der Waals surface area contributed by atoms with Crippen molar-refractivity contribution in [3.63, 3.8) is 0 Å². The Balaban J connectivity index is 1.81. The van der Waals surface area contributed by atoms with Crippen molar-refractivity contribution in [3.8, 4) is 0 Å². The highest BCUT2D eigenvalue weighted by Gasteiger charge is 2.42. The number of carbonyl (C=O) groups excluding carboxylic acids is 2. The van der Waals surface area contributed by atoms with E-state index in [1.807, 2.05) is 33.0 Å². The van der Waals surface area contributed by atoms with Gasteiger partial charge in [0.15, 0.2) is 0 Å². The molecule has 0 saturated carbocycles. The molecule has 3 N–H and O–H groups in total. The standard InChI is InChI=1S/C20H27N5O2/c1-19(2,3)24-17(26)15-6-4-7-16(14-15)23-18(27)20(8-11-21-12-9-20)25-13-5-10-22-25/h4-7,10,13-14,21H,8-9,11-12H2,1-3H3,(H,23,27)(H,24,26). The molecule has 0 radical (unpaired) electrons. The molecular formula is C20H27N5O2. The van der Waals surface area contributed by atoms with E-state index in [0.717, 1.165) is 13.1 Å². The van der Waals surface area contributed by atoms with Crippen molar-refractivity contribution in [1.82, 2.24) is 20.4 Å². The van der Waals surface area contributed by atoms with E-state index in [9.17, 15) is 9.59 Å². The van der Waals surface area contributed by atoms with Gasteiger partial charge in [0.05, 0.1) is 0 Å². The number of nitrogens with zero attached hydrogens (tertiary/aromatic N) is 2. The smallest absolute Gasteiger partial charge is 0.252 e. The van der Waals surface area contributed by atoms with Gasteiger partial charge >= 0.3 is 0 Å². The van der Waals surface area contributed by atoms with Gasteiger partial charge in [-0.05, 0) is 71.0 Å². The number of piperidine rings is 1. The van der Waals surface area contributed by atoms with E-state index in [1.54, 1.807) is 35.1 Å². The van der Waals surface area contributed by atoms with E-state index in [0.29, 0.717) is 24.1 Å². The lowest BCUT2D eigenvalue weighted by molar-refractivity contribution is -0.126. The molecule has 1 aliphatic heterocycles. The average Bonchev–Trinajstić information content (AvgIpc) is 3.16. The van der Waals surface area contributed by atoms with Gasteiger partial charge in [0.2, 0.25) is 0 Å². The van der Waals surface area contributed by atoms with Gasteiger partial charge in [0.25, 0.3) is 11.8 Å². The minimum Gasteiger partial charge on any atom is -0.347 e. The third kappa shape index (κ3) is 4.36. The number of aromatic nitrogens is 2. The van der Waals surface area contributed by atoms with Crippen molar-refractivity contribution in [2.24, 2.45) is 0 Å². The van der Waals surface area contributed by atoms with Crippen molar-refractivity contribution < 1.29 is 9.59 Å². The number of hydrogen-bond acceptors (Lipinski definition) is 4. The summed E-state index contributed by atoms with van der Waals surface area (Å²) in [5, 5.41) is 13.5. The molecule has 3 rings (SSSR count). The van der Waals surface area contributed by atoms with Crippen LogP contribution in [0, 0.1) is 0 Å². The lowest BCUT2D eigenvalue weighted by atomic mass is 9.87. The maximum atomic E-state index is 13.2. The molecule has 27 heavy (non-hydrogen) atoms. The Morgan fingerprint density at radius 2 is 1.93 bits per heavy atom. The molecule has 0 bridgehead atoms. The molecule has 1 aliphatic rings. The van der Waals surface area contributed by atoms with Crippen LogP contribution >= 0.6 is 0 Å². The Labute approximate surface area is 159 Å². The molecule has 1 fully saturated rings. The first kappa shape index (κ1) is 19.1. The number of rotatable bonds is 4. The van der Waals surface area contributed by atoms with E-state index in [1.165, 1.54) is 0 Å². The van der Waals surface area contributed by atoms with E-state index < -0.39 is 5.54 Å². The van der Waals surface area contributed by atoms with Crippen LogP contribution < -0.4 is 16.0 Å². The summed E-state index contributed by atoms with van der Waals surface area (Å²) < 4.78 is 1.75. The monoisotopic (exact) mass is 369 g/mol. The van der Waals surface area contributed by atoms with Crippen molar-refractivity contribution in [2.75, 3.05) is 18.4 Å². The maximum Gasteiger partial charge on any atom is 0.252 e. The second kappa shape index (κ2) is 7.52. The number of carbonyl (C=O) groups is 2. The number of nitrogens with one attached hydrogen (secondary N) is 3. The highest BCUT2D eigenvalue weighted by molar-refractivity contribution is 5.99. The normalized spacial score (nSPS) is 16.6. The summed E-state index contributed by atoms with van der Waals surface area (Å²) in [7, 11) is 0. The Bertz CT molecular complexity index is 802. The van der Waals surface area contributed by atoms with Crippen LogP contribution in [-0.4, -0.2) is 40.2 Å². The summed E-state index contributed by atoms with van der Waals surface area (Å²) in [6.45, 7) is 7.30. The van der Waals surface area contributed by atoms with Gasteiger partial charge in [0, 0.05) is 29.2 Å². The Kier molecular flexibility index (Phi) is 5.32. The van der Waals surface area contributed by atoms with Crippen molar-refractivity contribution >= 4 is 17.5 Å². The summed E-state index contributed by atoms with van der Waals surface area (Å²) >= 11 is 0. The summed E-state index contributed by atoms with van der Waals surface area (Å²) in [5.41, 5.74) is 0.0707. The SMILES string of the molecule is CC(C)(C)NC(=O)c1cccc(NC(=O)C2(n3cccn3)CCNCC2)c1. The summed E-state index contributed by atoms with van der Waals surface area (Å²) in [6.07, 6.45) is 4.84. The first-order chi connectivity index (χ1) is 12.8. The Morgan fingerprint density at radius 1 is 1.19 bits per heavy atom. The highest BCUT2D eigenvalue weighted by atomic mass is 16.2. The van der Waals surface area contributed by atoms with E-state index in [-0.39, 0.29) is 17.4 Å². The largest absolute Gasteiger partial charge is 0.347 e. The van der Waals surface area contributed by atoms with Gasteiger partial charge in [-0.2, -0.15) is 5.10 Å².